The zero-order valence-corrected chi connectivity index (χ0v) is 25.5. The largest absolute Gasteiger partial charge is 0.419 e. The molecule has 1 fully saturated rings. The lowest BCUT2D eigenvalue weighted by Crippen LogP contribution is -2.42. The molecule has 12 heteroatoms. The molecule has 0 aliphatic carbocycles. The number of hydrogen-bond donors (Lipinski definition) is 0. The molecular formula is C34H33F4N5O3. The number of ketones is 1. The molecule has 1 atom stereocenters. The maximum absolute atomic E-state index is 14.9. The molecule has 4 aromatic rings. The molecule has 2 aliphatic rings. The molecule has 0 saturated carbocycles. The molecule has 6 rings (SSSR count). The van der Waals surface area contributed by atoms with Gasteiger partial charge in [0.25, 0.3) is 5.91 Å². The predicted octanol–water partition coefficient (Wildman–Crippen LogP) is 5.27. The van der Waals surface area contributed by atoms with E-state index < -0.39 is 23.6 Å². The van der Waals surface area contributed by atoms with Gasteiger partial charge < -0.3 is 9.64 Å². The number of hydrogen-bond acceptors (Lipinski definition) is 6. The van der Waals surface area contributed by atoms with Crippen LogP contribution in [0, 0.1) is 5.82 Å². The third kappa shape index (κ3) is 6.45. The second-order valence-corrected chi connectivity index (χ2v) is 11.8. The van der Waals surface area contributed by atoms with Gasteiger partial charge in [-0.15, -0.1) is 0 Å². The summed E-state index contributed by atoms with van der Waals surface area (Å²) in [6, 6.07) is 10.7. The molecule has 46 heavy (non-hydrogen) atoms. The van der Waals surface area contributed by atoms with Crippen LogP contribution in [-0.2, 0) is 28.5 Å². The van der Waals surface area contributed by atoms with Crippen molar-refractivity contribution in [3.05, 3.63) is 106 Å². The van der Waals surface area contributed by atoms with E-state index in [1.54, 1.807) is 37.3 Å². The maximum Gasteiger partial charge on any atom is 0.419 e. The van der Waals surface area contributed by atoms with Crippen molar-refractivity contribution in [2.24, 2.45) is 0 Å². The van der Waals surface area contributed by atoms with Crippen molar-refractivity contribution in [3.8, 4) is 0 Å². The first-order valence-corrected chi connectivity index (χ1v) is 15.1. The third-order valence-corrected chi connectivity index (χ3v) is 8.64. The monoisotopic (exact) mass is 635 g/mol. The summed E-state index contributed by atoms with van der Waals surface area (Å²) in [5.41, 5.74) is 1.19. The molecule has 0 radical (unpaired) electrons. The van der Waals surface area contributed by atoms with Gasteiger partial charge in [0.1, 0.15) is 11.9 Å². The summed E-state index contributed by atoms with van der Waals surface area (Å²) in [7, 11) is 1.68. The van der Waals surface area contributed by atoms with Gasteiger partial charge in [-0.05, 0) is 47.7 Å². The number of halogens is 4. The van der Waals surface area contributed by atoms with Gasteiger partial charge in [-0.3, -0.25) is 24.2 Å². The van der Waals surface area contributed by atoms with Crippen LogP contribution in [0.15, 0.2) is 72.1 Å². The minimum absolute atomic E-state index is 0.0111. The first kappa shape index (κ1) is 31.6. The highest BCUT2D eigenvalue weighted by molar-refractivity contribution is 6.00. The van der Waals surface area contributed by atoms with E-state index in [0.29, 0.717) is 55.6 Å². The number of alkyl halides is 3. The SMILES string of the molecule is CC1=C(C(=O)Cc2ccc3cnccc3c2)C(c2ccc(C(F)(F)F)c(F)c2)n2nc(C(=O)N(C)CCN3CCOCC3)cc2C1. The summed E-state index contributed by atoms with van der Waals surface area (Å²) in [6.45, 7) is 5.74. The number of benzene rings is 2. The van der Waals surface area contributed by atoms with Crippen LogP contribution in [0.5, 0.6) is 0 Å². The fourth-order valence-corrected chi connectivity index (χ4v) is 6.18. The molecule has 1 unspecified atom stereocenters. The van der Waals surface area contributed by atoms with Crippen molar-refractivity contribution in [2.75, 3.05) is 46.4 Å². The number of Topliss-reactive ketones (excluding diaryl/α,β-unsaturated/α-hetero) is 1. The van der Waals surface area contributed by atoms with Gasteiger partial charge in [-0.25, -0.2) is 4.39 Å². The Kier molecular flexibility index (Phi) is 8.75. The summed E-state index contributed by atoms with van der Waals surface area (Å²) in [5.74, 6) is -2.05. The lowest BCUT2D eigenvalue weighted by atomic mass is 9.85. The summed E-state index contributed by atoms with van der Waals surface area (Å²) in [4.78, 5) is 35.4. The summed E-state index contributed by atoms with van der Waals surface area (Å²) in [6.07, 6.45) is -1.19. The van der Waals surface area contributed by atoms with E-state index in [1.165, 1.54) is 10.7 Å². The molecule has 1 amide bonds. The predicted molar refractivity (Wildman–Crippen MR) is 163 cm³/mol. The normalized spacial score (nSPS) is 17.3. The number of morpholine rings is 1. The summed E-state index contributed by atoms with van der Waals surface area (Å²) >= 11 is 0. The second-order valence-electron chi connectivity index (χ2n) is 11.8. The van der Waals surface area contributed by atoms with Crippen LogP contribution < -0.4 is 0 Å². The Morgan fingerprint density at radius 1 is 1.04 bits per heavy atom. The van der Waals surface area contributed by atoms with Gasteiger partial charge >= 0.3 is 6.18 Å². The quantitative estimate of drug-likeness (QED) is 0.246. The van der Waals surface area contributed by atoms with Crippen molar-refractivity contribution in [1.82, 2.24) is 24.6 Å². The van der Waals surface area contributed by atoms with Gasteiger partial charge in [0.05, 0.1) is 18.8 Å². The van der Waals surface area contributed by atoms with Crippen molar-refractivity contribution in [2.45, 2.75) is 32.0 Å². The Hall–Kier alpha value is -4.42. The first-order chi connectivity index (χ1) is 22.0. The fourth-order valence-electron chi connectivity index (χ4n) is 6.18. The van der Waals surface area contributed by atoms with E-state index in [0.717, 1.165) is 35.5 Å². The summed E-state index contributed by atoms with van der Waals surface area (Å²) < 4.78 is 62.2. The van der Waals surface area contributed by atoms with Crippen LogP contribution in [-0.4, -0.2) is 82.7 Å². The van der Waals surface area contributed by atoms with Crippen molar-refractivity contribution in [1.29, 1.82) is 0 Å². The zero-order valence-electron chi connectivity index (χ0n) is 25.5. The molecule has 0 bridgehead atoms. The molecule has 2 aromatic carbocycles. The molecule has 8 nitrogen and oxygen atoms in total. The van der Waals surface area contributed by atoms with E-state index in [1.807, 2.05) is 24.3 Å². The van der Waals surface area contributed by atoms with Crippen LogP contribution in [0.4, 0.5) is 17.6 Å². The number of pyridine rings is 1. The molecule has 240 valence electrons. The smallest absolute Gasteiger partial charge is 0.379 e. The van der Waals surface area contributed by atoms with Crippen molar-refractivity contribution >= 4 is 22.5 Å². The lowest BCUT2D eigenvalue weighted by molar-refractivity contribution is -0.140. The number of likely N-dealkylation sites (N-methyl/N-ethyl adjacent to an activating group) is 1. The number of carbonyl (C=O) groups is 2. The average molecular weight is 636 g/mol. The minimum Gasteiger partial charge on any atom is -0.379 e. The van der Waals surface area contributed by atoms with E-state index in [4.69, 9.17) is 4.74 Å². The van der Waals surface area contributed by atoms with Crippen LogP contribution in [0.1, 0.15) is 45.8 Å². The van der Waals surface area contributed by atoms with E-state index >= 15 is 0 Å². The first-order valence-electron chi connectivity index (χ1n) is 15.1. The van der Waals surface area contributed by atoms with Crippen LogP contribution in [0.25, 0.3) is 10.8 Å². The number of carbonyl (C=O) groups excluding carboxylic acids is 2. The maximum atomic E-state index is 14.9. The van der Waals surface area contributed by atoms with Crippen LogP contribution >= 0.6 is 0 Å². The molecular weight excluding hydrogens is 602 g/mol. The van der Waals surface area contributed by atoms with Gasteiger partial charge in [-0.2, -0.15) is 18.3 Å². The Bertz CT molecular complexity index is 1830. The molecule has 0 spiro atoms. The number of nitrogens with zero attached hydrogens (tertiary/aromatic N) is 5. The van der Waals surface area contributed by atoms with Crippen LogP contribution in [0.3, 0.4) is 0 Å². The Morgan fingerprint density at radius 2 is 1.83 bits per heavy atom. The van der Waals surface area contributed by atoms with Gasteiger partial charge in [0, 0.05) is 75.1 Å². The highest BCUT2D eigenvalue weighted by Gasteiger charge is 2.37. The second kappa shape index (κ2) is 12.8. The van der Waals surface area contributed by atoms with E-state index in [9.17, 15) is 27.2 Å². The molecule has 4 heterocycles. The Labute approximate surface area is 263 Å². The number of fused-ring (bicyclic) bond motifs is 2. The van der Waals surface area contributed by atoms with E-state index in [-0.39, 0.29) is 29.4 Å². The third-order valence-electron chi connectivity index (χ3n) is 8.64. The van der Waals surface area contributed by atoms with E-state index in [2.05, 4.69) is 15.0 Å². The topological polar surface area (TPSA) is 80.6 Å². The van der Waals surface area contributed by atoms with Gasteiger partial charge in [0.15, 0.2) is 11.5 Å². The van der Waals surface area contributed by atoms with Gasteiger partial charge in [0.2, 0.25) is 0 Å². The Morgan fingerprint density at radius 3 is 2.57 bits per heavy atom. The van der Waals surface area contributed by atoms with Gasteiger partial charge in [-0.1, -0.05) is 29.8 Å². The fraction of sp³-hybridized carbons (Fsp3) is 0.353. The standard InChI is InChI=1S/C34H33F4N5O3/c1-21-15-26-19-29(33(45)41(2)9-10-42-11-13-46-14-12-42)40-43(26)32(24-5-6-27(28(35)18-24)34(36,37)38)31(21)30(44)17-22-3-4-25-20-39-8-7-23(25)16-22/h3-8,16,18-20,32H,9-15,17H2,1-2H3. The highest BCUT2D eigenvalue weighted by Crippen LogP contribution is 2.39. The molecule has 0 N–H and O–H groups in total. The molecule has 2 aromatic heterocycles. The number of amides is 1. The lowest BCUT2D eigenvalue weighted by Gasteiger charge is -2.29. The molecule has 2 aliphatic heterocycles. The number of allylic oxidation sites excluding steroid dienone is 2. The molecule has 1 saturated heterocycles. The zero-order chi connectivity index (χ0) is 32.6. The van der Waals surface area contributed by atoms with Crippen LogP contribution in [0.2, 0.25) is 0 Å². The minimum atomic E-state index is -4.88. The number of ether oxygens (including phenoxy) is 1. The summed E-state index contributed by atoms with van der Waals surface area (Å²) in [5, 5.41) is 6.42. The Balaban J connectivity index is 1.33. The highest BCUT2D eigenvalue weighted by atomic mass is 19.4. The van der Waals surface area contributed by atoms with Crippen molar-refractivity contribution < 1.29 is 31.9 Å². The number of rotatable bonds is 8. The average Bonchev–Trinajstić information content (AvgIpc) is 3.45. The van der Waals surface area contributed by atoms with Crippen molar-refractivity contribution in [3.63, 3.8) is 0 Å². The number of aromatic nitrogens is 3.